The third kappa shape index (κ3) is 4.72. The number of benzene rings is 2. The molecule has 0 bridgehead atoms. The van der Waals surface area contributed by atoms with Crippen molar-refractivity contribution in [2.45, 2.75) is 6.54 Å². The van der Waals surface area contributed by atoms with E-state index in [1.165, 1.54) is 6.08 Å². The van der Waals surface area contributed by atoms with E-state index in [1.54, 1.807) is 38.5 Å². The maximum Gasteiger partial charge on any atom is 0.246 e. The van der Waals surface area contributed by atoms with Crippen LogP contribution < -0.4 is 14.8 Å². The summed E-state index contributed by atoms with van der Waals surface area (Å²) in [7, 11) is 3.13. The minimum absolute atomic E-state index is 0.128. The summed E-state index contributed by atoms with van der Waals surface area (Å²) in [5.74, 6) is 1.65. The number of carbonyl (C=O) groups is 1. The van der Waals surface area contributed by atoms with Crippen LogP contribution in [0.3, 0.4) is 0 Å². The van der Waals surface area contributed by atoms with Gasteiger partial charge in [0.15, 0.2) is 0 Å². The monoisotopic (exact) mass is 365 g/mol. The van der Waals surface area contributed by atoms with Gasteiger partial charge in [0, 0.05) is 12.1 Å². The molecule has 1 N–H and O–H groups in total. The zero-order valence-corrected chi connectivity index (χ0v) is 15.0. The molecule has 0 unspecified atom stereocenters. The van der Waals surface area contributed by atoms with E-state index in [9.17, 15) is 4.79 Å². The van der Waals surface area contributed by atoms with Crippen LogP contribution in [-0.2, 0) is 11.3 Å². The molecule has 0 aliphatic carbocycles. The van der Waals surface area contributed by atoms with Crippen molar-refractivity contribution in [3.8, 4) is 22.9 Å². The summed E-state index contributed by atoms with van der Waals surface area (Å²) in [5.41, 5.74) is 1.61. The van der Waals surface area contributed by atoms with Gasteiger partial charge < -0.3 is 19.3 Å². The number of ether oxygens (including phenoxy) is 2. The zero-order valence-electron chi connectivity index (χ0n) is 15.0. The summed E-state index contributed by atoms with van der Waals surface area (Å²) in [6.45, 7) is 0.128. The molecule has 7 nitrogen and oxygen atoms in total. The van der Waals surface area contributed by atoms with Gasteiger partial charge in [-0.15, -0.1) is 0 Å². The van der Waals surface area contributed by atoms with Crippen LogP contribution in [0.2, 0.25) is 0 Å². The fraction of sp³-hybridized carbons (Fsp3) is 0.150. The number of hydrogen-bond acceptors (Lipinski definition) is 6. The summed E-state index contributed by atoms with van der Waals surface area (Å²) >= 11 is 0. The third-order valence-corrected chi connectivity index (χ3v) is 3.76. The Hall–Kier alpha value is -3.61. The topological polar surface area (TPSA) is 86.5 Å². The number of nitrogens with zero attached hydrogens (tertiary/aromatic N) is 2. The predicted molar refractivity (Wildman–Crippen MR) is 100 cm³/mol. The van der Waals surface area contributed by atoms with Crippen molar-refractivity contribution >= 4 is 12.0 Å². The van der Waals surface area contributed by atoms with Gasteiger partial charge in [-0.2, -0.15) is 4.98 Å². The van der Waals surface area contributed by atoms with Crippen LogP contribution in [0.5, 0.6) is 11.5 Å². The molecule has 0 atom stereocenters. The molecule has 3 rings (SSSR count). The SMILES string of the molecule is COc1ccc(-c2noc(CNC(=O)/C=C/c3ccccc3)n2)c(OC)c1. The van der Waals surface area contributed by atoms with Crippen LogP contribution in [0.4, 0.5) is 0 Å². The molecule has 138 valence electrons. The van der Waals surface area contributed by atoms with Gasteiger partial charge in [0.1, 0.15) is 11.5 Å². The highest BCUT2D eigenvalue weighted by Gasteiger charge is 2.14. The number of amides is 1. The predicted octanol–water partition coefficient (Wildman–Crippen LogP) is 3.08. The lowest BCUT2D eigenvalue weighted by Gasteiger charge is -2.07. The maximum absolute atomic E-state index is 11.9. The van der Waals surface area contributed by atoms with Gasteiger partial charge in [-0.05, 0) is 23.8 Å². The van der Waals surface area contributed by atoms with E-state index in [0.29, 0.717) is 28.8 Å². The lowest BCUT2D eigenvalue weighted by atomic mass is 10.2. The van der Waals surface area contributed by atoms with Crippen molar-refractivity contribution < 1.29 is 18.8 Å². The van der Waals surface area contributed by atoms with Crippen molar-refractivity contribution in [3.05, 3.63) is 66.1 Å². The van der Waals surface area contributed by atoms with E-state index in [-0.39, 0.29) is 12.5 Å². The van der Waals surface area contributed by atoms with E-state index in [2.05, 4.69) is 15.5 Å². The van der Waals surface area contributed by atoms with Crippen molar-refractivity contribution in [3.63, 3.8) is 0 Å². The normalized spacial score (nSPS) is 10.7. The Balaban J connectivity index is 1.63. The van der Waals surface area contributed by atoms with E-state index in [0.717, 1.165) is 5.56 Å². The molecule has 0 saturated heterocycles. The summed E-state index contributed by atoms with van der Waals surface area (Å²) < 4.78 is 15.7. The molecule has 0 aliphatic rings. The smallest absolute Gasteiger partial charge is 0.246 e. The second kappa shape index (κ2) is 8.66. The van der Waals surface area contributed by atoms with Crippen molar-refractivity contribution in [2.24, 2.45) is 0 Å². The number of methoxy groups -OCH3 is 2. The molecule has 0 saturated carbocycles. The van der Waals surface area contributed by atoms with Gasteiger partial charge in [0.2, 0.25) is 17.6 Å². The number of carbonyl (C=O) groups excluding carboxylic acids is 1. The molecule has 1 aromatic heterocycles. The molecule has 0 spiro atoms. The van der Waals surface area contributed by atoms with Gasteiger partial charge in [-0.3, -0.25) is 4.79 Å². The van der Waals surface area contributed by atoms with Crippen LogP contribution in [0.1, 0.15) is 11.5 Å². The minimum atomic E-state index is -0.249. The maximum atomic E-state index is 11.9. The standard InChI is InChI=1S/C20H19N3O4/c1-25-15-9-10-16(17(12-15)26-2)20-22-19(27-23-20)13-21-18(24)11-8-14-6-4-3-5-7-14/h3-12H,13H2,1-2H3,(H,21,24)/b11-8+. The molecular formula is C20H19N3O4. The first-order valence-corrected chi connectivity index (χ1v) is 8.25. The Bertz CT molecular complexity index is 935. The highest BCUT2D eigenvalue weighted by atomic mass is 16.5. The molecular weight excluding hydrogens is 346 g/mol. The van der Waals surface area contributed by atoms with Crippen LogP contribution >= 0.6 is 0 Å². The summed E-state index contributed by atoms with van der Waals surface area (Å²) in [5, 5.41) is 6.65. The first-order valence-electron chi connectivity index (χ1n) is 8.25. The second-order valence-corrected chi connectivity index (χ2v) is 5.54. The van der Waals surface area contributed by atoms with Crippen molar-refractivity contribution in [2.75, 3.05) is 14.2 Å². The number of aromatic nitrogens is 2. The molecule has 27 heavy (non-hydrogen) atoms. The molecule has 1 heterocycles. The van der Waals surface area contributed by atoms with Crippen LogP contribution in [-0.4, -0.2) is 30.3 Å². The first kappa shape index (κ1) is 18.2. The Morgan fingerprint density at radius 2 is 1.96 bits per heavy atom. The summed E-state index contributed by atoms with van der Waals surface area (Å²) in [4.78, 5) is 16.2. The molecule has 7 heteroatoms. The van der Waals surface area contributed by atoms with Crippen LogP contribution in [0, 0.1) is 0 Å². The summed E-state index contributed by atoms with van der Waals surface area (Å²) in [6.07, 6.45) is 3.19. The quantitative estimate of drug-likeness (QED) is 0.648. The van der Waals surface area contributed by atoms with Gasteiger partial charge in [-0.25, -0.2) is 0 Å². The molecule has 0 radical (unpaired) electrons. The Morgan fingerprint density at radius 3 is 2.70 bits per heavy atom. The van der Waals surface area contributed by atoms with E-state index >= 15 is 0 Å². The van der Waals surface area contributed by atoms with Gasteiger partial charge in [0.05, 0.1) is 26.3 Å². The molecule has 0 aliphatic heterocycles. The fourth-order valence-corrected chi connectivity index (χ4v) is 2.38. The second-order valence-electron chi connectivity index (χ2n) is 5.54. The van der Waals surface area contributed by atoms with Gasteiger partial charge in [-0.1, -0.05) is 35.5 Å². The van der Waals surface area contributed by atoms with E-state index < -0.39 is 0 Å². The van der Waals surface area contributed by atoms with Crippen LogP contribution in [0.15, 0.2) is 59.1 Å². The van der Waals surface area contributed by atoms with E-state index in [1.807, 2.05) is 30.3 Å². The minimum Gasteiger partial charge on any atom is -0.497 e. The van der Waals surface area contributed by atoms with Gasteiger partial charge >= 0.3 is 0 Å². The Labute approximate surface area is 156 Å². The lowest BCUT2D eigenvalue weighted by molar-refractivity contribution is -0.116. The summed E-state index contributed by atoms with van der Waals surface area (Å²) in [6, 6.07) is 14.9. The molecule has 1 amide bonds. The fourth-order valence-electron chi connectivity index (χ4n) is 2.38. The molecule has 3 aromatic rings. The van der Waals surface area contributed by atoms with Crippen LogP contribution in [0.25, 0.3) is 17.5 Å². The average molecular weight is 365 g/mol. The number of nitrogens with one attached hydrogen (secondary N) is 1. The van der Waals surface area contributed by atoms with E-state index in [4.69, 9.17) is 14.0 Å². The highest BCUT2D eigenvalue weighted by molar-refractivity contribution is 5.91. The van der Waals surface area contributed by atoms with Gasteiger partial charge in [0.25, 0.3) is 0 Å². The van der Waals surface area contributed by atoms with Crippen molar-refractivity contribution in [1.29, 1.82) is 0 Å². The largest absolute Gasteiger partial charge is 0.497 e. The van der Waals surface area contributed by atoms with Crippen molar-refractivity contribution in [1.82, 2.24) is 15.5 Å². The molecule has 2 aromatic carbocycles. The Kier molecular flexibility index (Phi) is 5.84. The lowest BCUT2D eigenvalue weighted by Crippen LogP contribution is -2.20. The average Bonchev–Trinajstić information content (AvgIpc) is 3.19. The molecule has 0 fully saturated rings. The number of hydrogen-bond donors (Lipinski definition) is 1. The zero-order chi connectivity index (χ0) is 19.1. The highest BCUT2D eigenvalue weighted by Crippen LogP contribution is 2.31. The number of rotatable bonds is 7. The first-order chi connectivity index (χ1) is 13.2. The third-order valence-electron chi connectivity index (χ3n) is 3.76. The Morgan fingerprint density at radius 1 is 1.15 bits per heavy atom.